The minimum absolute atomic E-state index is 0.131. The highest BCUT2D eigenvalue weighted by atomic mass is 16.5. The summed E-state index contributed by atoms with van der Waals surface area (Å²) in [6, 6.07) is 7.19. The van der Waals surface area contributed by atoms with E-state index in [0.29, 0.717) is 5.82 Å². The van der Waals surface area contributed by atoms with Crippen LogP contribution in [0.1, 0.15) is 31.3 Å². The zero-order valence-corrected chi connectivity index (χ0v) is 9.83. The summed E-state index contributed by atoms with van der Waals surface area (Å²) in [5.41, 5.74) is 6.91. The van der Waals surface area contributed by atoms with Crippen LogP contribution in [-0.4, -0.2) is 16.2 Å². The molecule has 1 unspecified atom stereocenters. The molecule has 0 amide bonds. The molecule has 5 heteroatoms. The smallest absolute Gasteiger partial charge is 0.213 e. The number of hydrogen-bond acceptors (Lipinski definition) is 5. The van der Waals surface area contributed by atoms with Crippen LogP contribution < -0.4 is 10.5 Å². The molecule has 0 aliphatic rings. The van der Waals surface area contributed by atoms with Crippen LogP contribution in [0, 0.1) is 0 Å². The van der Waals surface area contributed by atoms with Crippen molar-refractivity contribution in [3.05, 3.63) is 42.0 Å². The van der Waals surface area contributed by atoms with Gasteiger partial charge in [0.15, 0.2) is 5.82 Å². The predicted molar refractivity (Wildman–Crippen MR) is 62.5 cm³/mol. The molecule has 5 nitrogen and oxygen atoms in total. The van der Waals surface area contributed by atoms with E-state index in [1.165, 1.54) is 6.39 Å². The molecule has 0 aliphatic heterocycles. The maximum absolute atomic E-state index is 6.02. The highest BCUT2D eigenvalue weighted by Crippen LogP contribution is 2.21. The van der Waals surface area contributed by atoms with Crippen LogP contribution in [0.4, 0.5) is 0 Å². The van der Waals surface area contributed by atoms with Crippen molar-refractivity contribution in [2.75, 3.05) is 0 Å². The first-order valence-electron chi connectivity index (χ1n) is 5.45. The van der Waals surface area contributed by atoms with Crippen LogP contribution in [0.5, 0.6) is 5.75 Å². The van der Waals surface area contributed by atoms with Crippen molar-refractivity contribution in [2.45, 2.75) is 26.0 Å². The molecule has 1 aromatic heterocycles. The van der Waals surface area contributed by atoms with Crippen LogP contribution in [-0.2, 0) is 0 Å². The molecule has 1 atom stereocenters. The fourth-order valence-electron chi connectivity index (χ4n) is 1.52. The molecule has 2 N–H and O–H groups in total. The van der Waals surface area contributed by atoms with Gasteiger partial charge >= 0.3 is 0 Å². The van der Waals surface area contributed by atoms with E-state index >= 15 is 0 Å². The third kappa shape index (κ3) is 2.82. The van der Waals surface area contributed by atoms with E-state index in [0.717, 1.165) is 11.3 Å². The molecule has 0 fully saturated rings. The number of nitrogens with two attached hydrogens (primary N) is 1. The molecule has 2 rings (SSSR count). The topological polar surface area (TPSA) is 74.2 Å². The van der Waals surface area contributed by atoms with E-state index < -0.39 is 6.04 Å². The zero-order chi connectivity index (χ0) is 12.3. The van der Waals surface area contributed by atoms with Crippen molar-refractivity contribution in [3.63, 3.8) is 0 Å². The largest absolute Gasteiger partial charge is 0.491 e. The summed E-state index contributed by atoms with van der Waals surface area (Å²) < 4.78 is 10.3. The third-order valence-electron chi connectivity index (χ3n) is 2.25. The van der Waals surface area contributed by atoms with Crippen LogP contribution in [0.15, 0.2) is 35.2 Å². The molecule has 1 aromatic carbocycles. The number of rotatable bonds is 4. The highest BCUT2D eigenvalue weighted by molar-refractivity contribution is 5.32. The molecule has 0 aliphatic carbocycles. The van der Waals surface area contributed by atoms with Crippen LogP contribution in [0.2, 0.25) is 0 Å². The van der Waals surface area contributed by atoms with Crippen molar-refractivity contribution in [1.29, 1.82) is 0 Å². The van der Waals surface area contributed by atoms with Gasteiger partial charge in [-0.25, -0.2) is 0 Å². The Morgan fingerprint density at radius 3 is 2.82 bits per heavy atom. The fourth-order valence-corrected chi connectivity index (χ4v) is 1.52. The van der Waals surface area contributed by atoms with Gasteiger partial charge in [0.25, 0.3) is 0 Å². The Hall–Kier alpha value is -1.88. The van der Waals surface area contributed by atoms with E-state index in [1.54, 1.807) is 0 Å². The van der Waals surface area contributed by atoms with Gasteiger partial charge in [-0.15, -0.1) is 0 Å². The maximum atomic E-state index is 6.02. The number of aromatic nitrogens is 2. The lowest BCUT2D eigenvalue weighted by Gasteiger charge is -2.12. The first-order valence-corrected chi connectivity index (χ1v) is 5.45. The van der Waals surface area contributed by atoms with Gasteiger partial charge in [0.2, 0.25) is 6.39 Å². The highest BCUT2D eigenvalue weighted by Gasteiger charge is 2.14. The van der Waals surface area contributed by atoms with E-state index in [9.17, 15) is 0 Å². The summed E-state index contributed by atoms with van der Waals surface area (Å²) in [5, 5.41) is 3.73. The summed E-state index contributed by atoms with van der Waals surface area (Å²) >= 11 is 0. The minimum atomic E-state index is -0.399. The van der Waals surface area contributed by atoms with Crippen LogP contribution in [0.3, 0.4) is 0 Å². The van der Waals surface area contributed by atoms with Crippen LogP contribution in [0.25, 0.3) is 0 Å². The molecule has 0 spiro atoms. The minimum Gasteiger partial charge on any atom is -0.491 e. The molecule has 1 heterocycles. The van der Waals surface area contributed by atoms with E-state index in [-0.39, 0.29) is 6.10 Å². The van der Waals surface area contributed by atoms with Gasteiger partial charge < -0.3 is 15.0 Å². The Morgan fingerprint density at radius 2 is 2.18 bits per heavy atom. The molecule has 0 bridgehead atoms. The van der Waals surface area contributed by atoms with Gasteiger partial charge in [-0.2, -0.15) is 4.98 Å². The van der Waals surface area contributed by atoms with Gasteiger partial charge in [-0.3, -0.25) is 0 Å². The number of nitrogens with zero attached hydrogens (tertiary/aromatic N) is 2. The second-order valence-corrected chi connectivity index (χ2v) is 4.01. The molecule has 2 aromatic rings. The number of benzene rings is 1. The summed E-state index contributed by atoms with van der Waals surface area (Å²) in [5.74, 6) is 1.25. The Labute approximate surface area is 99.6 Å². The standard InChI is InChI=1S/C12H15N3O2/c1-8(2)17-10-5-3-4-9(6-10)11(13)12-14-7-16-15-12/h3-8,11H,13H2,1-2H3. The van der Waals surface area contributed by atoms with Gasteiger partial charge in [0.05, 0.1) is 12.1 Å². The molecular weight excluding hydrogens is 218 g/mol. The van der Waals surface area contributed by atoms with E-state index in [4.69, 9.17) is 10.5 Å². The Balaban J connectivity index is 2.21. The molecular formula is C12H15N3O2. The third-order valence-corrected chi connectivity index (χ3v) is 2.25. The summed E-state index contributed by atoms with van der Waals surface area (Å²) in [6.45, 7) is 3.96. The maximum Gasteiger partial charge on any atom is 0.213 e. The van der Waals surface area contributed by atoms with Gasteiger partial charge in [0, 0.05) is 0 Å². The first kappa shape index (κ1) is 11.6. The van der Waals surface area contributed by atoms with Crippen molar-refractivity contribution < 1.29 is 9.26 Å². The molecule has 0 saturated carbocycles. The second-order valence-electron chi connectivity index (χ2n) is 4.01. The van der Waals surface area contributed by atoms with E-state index in [2.05, 4.69) is 14.7 Å². The van der Waals surface area contributed by atoms with Crippen molar-refractivity contribution in [1.82, 2.24) is 10.1 Å². The summed E-state index contributed by atoms with van der Waals surface area (Å²) in [7, 11) is 0. The monoisotopic (exact) mass is 233 g/mol. The summed E-state index contributed by atoms with van der Waals surface area (Å²) in [4.78, 5) is 3.94. The predicted octanol–water partition coefficient (Wildman–Crippen LogP) is 1.90. The quantitative estimate of drug-likeness (QED) is 0.873. The second kappa shape index (κ2) is 4.97. The van der Waals surface area contributed by atoms with Crippen molar-refractivity contribution in [3.8, 4) is 5.75 Å². The fraction of sp³-hybridized carbons (Fsp3) is 0.333. The van der Waals surface area contributed by atoms with E-state index in [1.807, 2.05) is 38.1 Å². The van der Waals surface area contributed by atoms with Gasteiger partial charge in [-0.1, -0.05) is 17.3 Å². The van der Waals surface area contributed by atoms with Gasteiger partial charge in [-0.05, 0) is 31.5 Å². The lowest BCUT2D eigenvalue weighted by Crippen LogP contribution is -2.14. The number of hydrogen-bond donors (Lipinski definition) is 1. The molecule has 0 saturated heterocycles. The summed E-state index contributed by atoms with van der Waals surface area (Å²) in [6.07, 6.45) is 1.40. The first-order chi connectivity index (χ1) is 8.16. The van der Waals surface area contributed by atoms with Crippen LogP contribution >= 0.6 is 0 Å². The normalized spacial score (nSPS) is 12.7. The average molecular weight is 233 g/mol. The average Bonchev–Trinajstić information content (AvgIpc) is 2.81. The SMILES string of the molecule is CC(C)Oc1cccc(C(N)c2ncon2)c1. The zero-order valence-electron chi connectivity index (χ0n) is 9.83. The van der Waals surface area contributed by atoms with Crippen molar-refractivity contribution >= 4 is 0 Å². The molecule has 90 valence electrons. The Bertz CT molecular complexity index is 468. The lowest BCUT2D eigenvalue weighted by molar-refractivity contribution is 0.242. The molecule has 17 heavy (non-hydrogen) atoms. The van der Waals surface area contributed by atoms with Gasteiger partial charge in [0.1, 0.15) is 5.75 Å². The number of ether oxygens (including phenoxy) is 1. The Morgan fingerprint density at radius 1 is 1.35 bits per heavy atom. The Kier molecular flexibility index (Phi) is 3.39. The molecule has 0 radical (unpaired) electrons. The van der Waals surface area contributed by atoms with Crippen molar-refractivity contribution in [2.24, 2.45) is 5.73 Å². The lowest BCUT2D eigenvalue weighted by atomic mass is 10.1.